The SMILES string of the molecule is CCc1cccc(S(=O)(=O)ON2CCCCC2)c1. The summed E-state index contributed by atoms with van der Waals surface area (Å²) < 4.78 is 29.4. The first kappa shape index (κ1) is 13.5. The molecule has 0 N–H and O–H groups in total. The molecule has 1 aliphatic rings. The largest absolute Gasteiger partial charge is 0.313 e. The fraction of sp³-hybridized carbons (Fsp3) is 0.538. The standard InChI is InChI=1S/C13H19NO3S/c1-2-12-7-6-8-13(11-12)18(15,16)17-14-9-4-3-5-10-14/h6-8,11H,2-5,9-10H2,1H3. The minimum Gasteiger partial charge on any atom is -0.192 e. The van der Waals surface area contributed by atoms with Gasteiger partial charge in [-0.05, 0) is 37.0 Å². The Hall–Kier alpha value is -0.910. The molecule has 1 aromatic rings. The van der Waals surface area contributed by atoms with E-state index in [1.807, 2.05) is 13.0 Å². The summed E-state index contributed by atoms with van der Waals surface area (Å²) in [6, 6.07) is 6.93. The maximum atomic E-state index is 12.1. The van der Waals surface area contributed by atoms with Gasteiger partial charge < -0.3 is 0 Å². The van der Waals surface area contributed by atoms with Crippen molar-refractivity contribution in [2.45, 2.75) is 37.5 Å². The average Bonchev–Trinajstić information content (AvgIpc) is 2.39. The van der Waals surface area contributed by atoms with Crippen molar-refractivity contribution in [1.82, 2.24) is 5.06 Å². The average molecular weight is 269 g/mol. The van der Waals surface area contributed by atoms with Crippen LogP contribution in [0, 0.1) is 0 Å². The molecule has 0 spiro atoms. The van der Waals surface area contributed by atoms with E-state index in [0.717, 1.165) is 31.2 Å². The highest BCUT2D eigenvalue weighted by Crippen LogP contribution is 2.18. The van der Waals surface area contributed by atoms with E-state index in [4.69, 9.17) is 4.28 Å². The van der Waals surface area contributed by atoms with Crippen LogP contribution < -0.4 is 0 Å². The first-order valence-electron chi connectivity index (χ1n) is 6.40. The van der Waals surface area contributed by atoms with Crippen molar-refractivity contribution < 1.29 is 12.7 Å². The van der Waals surface area contributed by atoms with Crippen molar-refractivity contribution in [1.29, 1.82) is 0 Å². The van der Waals surface area contributed by atoms with E-state index in [-0.39, 0.29) is 4.90 Å². The monoisotopic (exact) mass is 269 g/mol. The van der Waals surface area contributed by atoms with E-state index >= 15 is 0 Å². The normalized spacial score (nSPS) is 17.8. The zero-order valence-corrected chi connectivity index (χ0v) is 11.4. The van der Waals surface area contributed by atoms with Gasteiger partial charge in [0.15, 0.2) is 0 Å². The minimum absolute atomic E-state index is 0.243. The van der Waals surface area contributed by atoms with Crippen LogP contribution in [-0.4, -0.2) is 26.6 Å². The maximum absolute atomic E-state index is 12.1. The van der Waals surface area contributed by atoms with E-state index in [2.05, 4.69) is 0 Å². The van der Waals surface area contributed by atoms with Gasteiger partial charge in [-0.1, -0.05) is 25.5 Å². The van der Waals surface area contributed by atoms with Gasteiger partial charge in [0, 0.05) is 13.1 Å². The molecule has 5 heteroatoms. The number of hydroxylamine groups is 2. The molecule has 0 atom stereocenters. The Bertz CT molecular complexity index is 493. The molecule has 0 radical (unpaired) electrons. The number of aryl methyl sites for hydroxylation is 1. The second-order valence-electron chi connectivity index (χ2n) is 4.52. The number of nitrogens with zero attached hydrogens (tertiary/aromatic N) is 1. The van der Waals surface area contributed by atoms with Crippen LogP contribution in [0.3, 0.4) is 0 Å². The van der Waals surface area contributed by atoms with Gasteiger partial charge in [-0.25, -0.2) is 0 Å². The first-order valence-corrected chi connectivity index (χ1v) is 7.81. The molecular formula is C13H19NO3S. The predicted octanol–water partition coefficient (Wildman–Crippen LogP) is 2.36. The molecule has 1 aromatic carbocycles. The second kappa shape index (κ2) is 5.82. The van der Waals surface area contributed by atoms with Crippen LogP contribution in [-0.2, 0) is 20.8 Å². The molecule has 0 saturated carbocycles. The highest BCUT2D eigenvalue weighted by atomic mass is 32.2. The van der Waals surface area contributed by atoms with Crippen molar-refractivity contribution in [2.24, 2.45) is 0 Å². The maximum Gasteiger partial charge on any atom is 0.313 e. The summed E-state index contributed by atoms with van der Waals surface area (Å²) in [5.41, 5.74) is 0.998. The van der Waals surface area contributed by atoms with Gasteiger partial charge in [0.1, 0.15) is 0 Å². The van der Waals surface area contributed by atoms with Crippen LogP contribution in [0.4, 0.5) is 0 Å². The van der Waals surface area contributed by atoms with Gasteiger partial charge in [-0.15, -0.1) is 0 Å². The van der Waals surface area contributed by atoms with Gasteiger partial charge in [0.05, 0.1) is 4.90 Å². The molecule has 0 amide bonds. The van der Waals surface area contributed by atoms with Crippen molar-refractivity contribution >= 4 is 10.1 Å². The minimum atomic E-state index is -3.67. The molecule has 4 nitrogen and oxygen atoms in total. The Kier molecular flexibility index (Phi) is 4.37. The molecule has 1 aliphatic heterocycles. The molecule has 1 fully saturated rings. The molecule has 2 rings (SSSR count). The van der Waals surface area contributed by atoms with Crippen LogP contribution in [0.15, 0.2) is 29.2 Å². The number of hydrogen-bond acceptors (Lipinski definition) is 4. The van der Waals surface area contributed by atoms with Crippen LogP contribution in [0.5, 0.6) is 0 Å². The molecule has 1 heterocycles. The van der Waals surface area contributed by atoms with Crippen molar-refractivity contribution in [3.63, 3.8) is 0 Å². The smallest absolute Gasteiger partial charge is 0.192 e. The first-order chi connectivity index (χ1) is 8.62. The van der Waals surface area contributed by atoms with Crippen LogP contribution in [0.1, 0.15) is 31.7 Å². The summed E-state index contributed by atoms with van der Waals surface area (Å²) >= 11 is 0. The summed E-state index contributed by atoms with van der Waals surface area (Å²) in [6.45, 7) is 3.37. The third kappa shape index (κ3) is 3.31. The summed E-state index contributed by atoms with van der Waals surface area (Å²) in [6.07, 6.45) is 3.94. The Morgan fingerprint density at radius 2 is 1.94 bits per heavy atom. The molecular weight excluding hydrogens is 250 g/mol. The quantitative estimate of drug-likeness (QED) is 0.842. The Morgan fingerprint density at radius 1 is 1.22 bits per heavy atom. The number of piperidine rings is 1. The lowest BCUT2D eigenvalue weighted by atomic mass is 10.2. The highest BCUT2D eigenvalue weighted by Gasteiger charge is 2.21. The van der Waals surface area contributed by atoms with E-state index in [0.29, 0.717) is 13.1 Å². The number of rotatable bonds is 4. The highest BCUT2D eigenvalue weighted by molar-refractivity contribution is 7.86. The number of benzene rings is 1. The lowest BCUT2D eigenvalue weighted by molar-refractivity contribution is -0.0654. The van der Waals surface area contributed by atoms with E-state index in [9.17, 15) is 8.42 Å². The van der Waals surface area contributed by atoms with Crippen molar-refractivity contribution in [2.75, 3.05) is 13.1 Å². The molecule has 1 saturated heterocycles. The van der Waals surface area contributed by atoms with Gasteiger partial charge in [-0.3, -0.25) is 0 Å². The molecule has 18 heavy (non-hydrogen) atoms. The lowest BCUT2D eigenvalue weighted by Crippen LogP contribution is -2.32. The Balaban J connectivity index is 2.13. The second-order valence-corrected chi connectivity index (χ2v) is 6.05. The molecule has 100 valence electrons. The third-order valence-electron chi connectivity index (χ3n) is 3.11. The third-order valence-corrected chi connectivity index (χ3v) is 4.35. The number of hydrogen-bond donors (Lipinski definition) is 0. The fourth-order valence-electron chi connectivity index (χ4n) is 2.04. The van der Waals surface area contributed by atoms with Crippen LogP contribution in [0.25, 0.3) is 0 Å². The zero-order valence-electron chi connectivity index (χ0n) is 10.6. The lowest BCUT2D eigenvalue weighted by Gasteiger charge is -2.24. The summed E-state index contributed by atoms with van der Waals surface area (Å²) in [5.74, 6) is 0. The summed E-state index contributed by atoms with van der Waals surface area (Å²) in [7, 11) is -3.67. The van der Waals surface area contributed by atoms with Crippen molar-refractivity contribution in [3.05, 3.63) is 29.8 Å². The molecule has 0 aliphatic carbocycles. The predicted molar refractivity (Wildman–Crippen MR) is 69.5 cm³/mol. The van der Waals surface area contributed by atoms with Crippen molar-refractivity contribution in [3.8, 4) is 0 Å². The summed E-state index contributed by atoms with van der Waals surface area (Å²) in [4.78, 5) is 0.243. The zero-order chi connectivity index (χ0) is 13.0. The molecule has 0 unspecified atom stereocenters. The van der Waals surface area contributed by atoms with Crippen LogP contribution >= 0.6 is 0 Å². The van der Waals surface area contributed by atoms with Gasteiger partial charge in [0.2, 0.25) is 0 Å². The van der Waals surface area contributed by atoms with Gasteiger partial charge in [-0.2, -0.15) is 17.8 Å². The van der Waals surface area contributed by atoms with Crippen LogP contribution in [0.2, 0.25) is 0 Å². The molecule has 0 aromatic heterocycles. The Labute approximate surface area is 109 Å². The topological polar surface area (TPSA) is 46.6 Å². The van der Waals surface area contributed by atoms with Gasteiger partial charge >= 0.3 is 10.1 Å². The molecule has 0 bridgehead atoms. The van der Waals surface area contributed by atoms with E-state index in [1.165, 1.54) is 0 Å². The van der Waals surface area contributed by atoms with Gasteiger partial charge in [0.25, 0.3) is 0 Å². The van der Waals surface area contributed by atoms with E-state index < -0.39 is 10.1 Å². The van der Waals surface area contributed by atoms with E-state index in [1.54, 1.807) is 23.3 Å². The fourth-order valence-corrected chi connectivity index (χ4v) is 3.10. The summed E-state index contributed by atoms with van der Waals surface area (Å²) in [5, 5.41) is 1.55. The Morgan fingerprint density at radius 3 is 2.61 bits per heavy atom.